The lowest BCUT2D eigenvalue weighted by Crippen LogP contribution is -2.40. The van der Waals surface area contributed by atoms with Crippen molar-refractivity contribution in [1.82, 2.24) is 0 Å². The molecule has 0 saturated carbocycles. The van der Waals surface area contributed by atoms with Crippen LogP contribution in [0.1, 0.15) is 23.7 Å². The van der Waals surface area contributed by atoms with Crippen LogP contribution in [-0.2, 0) is 0 Å². The Balaban J connectivity index is 2.35. The second kappa shape index (κ2) is 3.43. The topological polar surface area (TPSA) is 75.3 Å². The molecular weight excluding hydrogens is 212 g/mol. The molecule has 0 amide bonds. The molecule has 1 heterocycles. The van der Waals surface area contributed by atoms with E-state index < -0.39 is 11.0 Å². The Bertz CT molecular complexity index is 422. The quantitative estimate of drug-likeness (QED) is 0.715. The van der Waals surface area contributed by atoms with Crippen LogP contribution in [0.5, 0.6) is 0 Å². The number of carboxylic acid groups (broad SMARTS) is 1. The molecular formula is C10H12N2O2S. The smallest absolute Gasteiger partial charge is 0.335 e. The molecule has 4 nitrogen and oxygen atoms in total. The molecule has 0 aromatic heterocycles. The zero-order valence-electron chi connectivity index (χ0n) is 8.28. The molecule has 0 bridgehead atoms. The summed E-state index contributed by atoms with van der Waals surface area (Å²) < 4.78 is 0. The fourth-order valence-corrected chi connectivity index (χ4v) is 2.57. The number of nitrogens with one attached hydrogen (secondary N) is 1. The Labute approximate surface area is 91.9 Å². The second-order valence-corrected chi connectivity index (χ2v) is 4.86. The SMILES string of the molecule is CCC1(N)Nc2ccc(C(=O)O)cc2S1. The summed E-state index contributed by atoms with van der Waals surface area (Å²) in [7, 11) is 0. The monoisotopic (exact) mass is 224 g/mol. The summed E-state index contributed by atoms with van der Waals surface area (Å²) in [5.41, 5.74) is 7.25. The van der Waals surface area contributed by atoms with Gasteiger partial charge in [0, 0.05) is 4.90 Å². The summed E-state index contributed by atoms with van der Waals surface area (Å²) in [5, 5.41) is 12.0. The molecule has 80 valence electrons. The summed E-state index contributed by atoms with van der Waals surface area (Å²) in [5.74, 6) is -0.913. The summed E-state index contributed by atoms with van der Waals surface area (Å²) in [6, 6.07) is 4.99. The van der Waals surface area contributed by atoms with E-state index in [0.29, 0.717) is 5.56 Å². The highest BCUT2D eigenvalue weighted by molar-refractivity contribution is 8.01. The van der Waals surface area contributed by atoms with Crippen LogP contribution in [0.15, 0.2) is 23.1 Å². The largest absolute Gasteiger partial charge is 0.478 e. The number of aromatic carboxylic acids is 1. The molecule has 0 radical (unpaired) electrons. The van der Waals surface area contributed by atoms with Gasteiger partial charge in [-0.25, -0.2) is 4.79 Å². The van der Waals surface area contributed by atoms with E-state index in [1.807, 2.05) is 6.92 Å². The van der Waals surface area contributed by atoms with Gasteiger partial charge in [0.15, 0.2) is 0 Å². The van der Waals surface area contributed by atoms with Gasteiger partial charge in [-0.15, -0.1) is 0 Å². The summed E-state index contributed by atoms with van der Waals surface area (Å²) >= 11 is 1.47. The first-order chi connectivity index (χ1) is 7.04. The Morgan fingerprint density at radius 1 is 1.67 bits per heavy atom. The molecule has 0 aliphatic carbocycles. The molecule has 1 atom stereocenters. The maximum absolute atomic E-state index is 10.8. The van der Waals surface area contributed by atoms with Crippen molar-refractivity contribution in [2.45, 2.75) is 23.2 Å². The lowest BCUT2D eigenvalue weighted by Gasteiger charge is -2.21. The molecule has 0 saturated heterocycles. The van der Waals surface area contributed by atoms with Crippen molar-refractivity contribution in [1.29, 1.82) is 0 Å². The number of anilines is 1. The number of benzene rings is 1. The van der Waals surface area contributed by atoms with Gasteiger partial charge in [0.1, 0.15) is 4.99 Å². The minimum atomic E-state index is -0.913. The number of carboxylic acids is 1. The fraction of sp³-hybridized carbons (Fsp3) is 0.300. The van der Waals surface area contributed by atoms with Crippen LogP contribution in [-0.4, -0.2) is 16.1 Å². The van der Waals surface area contributed by atoms with Crippen molar-refractivity contribution >= 4 is 23.4 Å². The first-order valence-electron chi connectivity index (χ1n) is 4.67. The third kappa shape index (κ3) is 1.80. The van der Waals surface area contributed by atoms with Gasteiger partial charge in [-0.05, 0) is 24.6 Å². The predicted molar refractivity (Wildman–Crippen MR) is 60.1 cm³/mol. The standard InChI is InChI=1S/C10H12N2O2S/c1-2-10(11)12-7-4-3-6(9(13)14)5-8(7)15-10/h3-5,12H,2,11H2,1H3,(H,13,14). The molecule has 0 fully saturated rings. The Hall–Kier alpha value is -1.20. The van der Waals surface area contributed by atoms with E-state index in [2.05, 4.69) is 5.32 Å². The number of thioether (sulfide) groups is 1. The average Bonchev–Trinajstić information content (AvgIpc) is 2.53. The zero-order chi connectivity index (χ0) is 11.1. The Kier molecular flexibility index (Phi) is 2.36. The van der Waals surface area contributed by atoms with Crippen LogP contribution in [0.3, 0.4) is 0 Å². The predicted octanol–water partition coefficient (Wildman–Crippen LogP) is 1.92. The fourth-order valence-electron chi connectivity index (χ4n) is 1.45. The number of fused-ring (bicyclic) bond motifs is 1. The van der Waals surface area contributed by atoms with Crippen LogP contribution in [0, 0.1) is 0 Å². The number of hydrogen-bond acceptors (Lipinski definition) is 4. The second-order valence-electron chi connectivity index (χ2n) is 3.49. The zero-order valence-corrected chi connectivity index (χ0v) is 9.10. The van der Waals surface area contributed by atoms with Crippen molar-refractivity contribution in [2.24, 2.45) is 5.73 Å². The minimum absolute atomic E-state index is 0.295. The highest BCUT2D eigenvalue weighted by Gasteiger charge is 2.32. The molecule has 1 aromatic rings. The third-order valence-corrected chi connectivity index (χ3v) is 3.70. The van der Waals surface area contributed by atoms with E-state index in [1.165, 1.54) is 11.8 Å². The summed E-state index contributed by atoms with van der Waals surface area (Å²) in [6.45, 7) is 1.99. The molecule has 15 heavy (non-hydrogen) atoms. The van der Waals surface area contributed by atoms with E-state index in [4.69, 9.17) is 10.8 Å². The lowest BCUT2D eigenvalue weighted by atomic mass is 10.2. The van der Waals surface area contributed by atoms with Gasteiger partial charge in [0.2, 0.25) is 0 Å². The van der Waals surface area contributed by atoms with Gasteiger partial charge in [-0.2, -0.15) is 0 Å². The van der Waals surface area contributed by atoms with E-state index in [1.54, 1.807) is 18.2 Å². The molecule has 0 spiro atoms. The Morgan fingerprint density at radius 3 is 3.00 bits per heavy atom. The molecule has 4 N–H and O–H groups in total. The van der Waals surface area contributed by atoms with Crippen LogP contribution in [0.25, 0.3) is 0 Å². The van der Waals surface area contributed by atoms with Gasteiger partial charge in [-0.1, -0.05) is 18.7 Å². The molecule has 1 aliphatic rings. The van der Waals surface area contributed by atoms with E-state index in [-0.39, 0.29) is 0 Å². The normalized spacial score (nSPS) is 23.3. The van der Waals surface area contributed by atoms with E-state index in [0.717, 1.165) is 17.0 Å². The van der Waals surface area contributed by atoms with Crippen LogP contribution >= 0.6 is 11.8 Å². The van der Waals surface area contributed by atoms with Gasteiger partial charge in [0.05, 0.1) is 11.3 Å². The molecule has 5 heteroatoms. The number of rotatable bonds is 2. The van der Waals surface area contributed by atoms with E-state index in [9.17, 15) is 4.79 Å². The van der Waals surface area contributed by atoms with Gasteiger partial charge >= 0.3 is 5.97 Å². The first-order valence-corrected chi connectivity index (χ1v) is 5.49. The Morgan fingerprint density at radius 2 is 2.40 bits per heavy atom. The van der Waals surface area contributed by atoms with Crippen molar-refractivity contribution in [3.63, 3.8) is 0 Å². The molecule has 1 unspecified atom stereocenters. The van der Waals surface area contributed by atoms with Crippen LogP contribution in [0.2, 0.25) is 0 Å². The first kappa shape index (κ1) is 10.3. The van der Waals surface area contributed by atoms with Gasteiger partial charge in [-0.3, -0.25) is 5.73 Å². The van der Waals surface area contributed by atoms with Crippen molar-refractivity contribution in [2.75, 3.05) is 5.32 Å². The maximum Gasteiger partial charge on any atom is 0.335 e. The molecule has 2 rings (SSSR count). The number of carbonyl (C=O) groups is 1. The van der Waals surface area contributed by atoms with Gasteiger partial charge in [0.25, 0.3) is 0 Å². The van der Waals surface area contributed by atoms with Crippen molar-refractivity contribution < 1.29 is 9.90 Å². The van der Waals surface area contributed by atoms with Crippen LogP contribution < -0.4 is 11.1 Å². The molecule has 1 aliphatic heterocycles. The maximum atomic E-state index is 10.8. The lowest BCUT2D eigenvalue weighted by molar-refractivity contribution is 0.0696. The number of nitrogens with two attached hydrogens (primary N) is 1. The van der Waals surface area contributed by atoms with E-state index >= 15 is 0 Å². The van der Waals surface area contributed by atoms with Crippen molar-refractivity contribution in [3.8, 4) is 0 Å². The summed E-state index contributed by atoms with van der Waals surface area (Å²) in [6.07, 6.45) is 0.773. The highest BCUT2D eigenvalue weighted by atomic mass is 32.2. The molecule has 1 aromatic carbocycles. The van der Waals surface area contributed by atoms with Crippen molar-refractivity contribution in [3.05, 3.63) is 23.8 Å². The van der Waals surface area contributed by atoms with Gasteiger partial charge < -0.3 is 10.4 Å². The highest BCUT2D eigenvalue weighted by Crippen LogP contribution is 2.44. The summed E-state index contributed by atoms with van der Waals surface area (Å²) in [4.78, 5) is 11.2. The third-order valence-electron chi connectivity index (χ3n) is 2.39. The van der Waals surface area contributed by atoms with Crippen LogP contribution in [0.4, 0.5) is 5.69 Å². The number of hydrogen-bond donors (Lipinski definition) is 3. The average molecular weight is 224 g/mol. The minimum Gasteiger partial charge on any atom is -0.478 e.